The van der Waals surface area contributed by atoms with Gasteiger partial charge in [-0.05, 0) is 31.1 Å². The molecule has 1 fully saturated rings. The molecule has 2 nitrogen and oxygen atoms in total. The molecule has 4 atom stereocenters. The highest BCUT2D eigenvalue weighted by molar-refractivity contribution is 6.20. The zero-order valence-electron chi connectivity index (χ0n) is 13.1. The fourth-order valence-electron chi connectivity index (χ4n) is 5.42. The third kappa shape index (κ3) is 1.40. The molecule has 116 valence electrons. The Hall–Kier alpha value is -2.22. The second-order valence-corrected chi connectivity index (χ2v) is 6.95. The lowest BCUT2D eigenvalue weighted by atomic mass is 9.47. The number of benzene rings is 1. The van der Waals surface area contributed by atoms with Gasteiger partial charge in [0.1, 0.15) is 0 Å². The summed E-state index contributed by atoms with van der Waals surface area (Å²) in [4.78, 5) is 27.1. The molecule has 4 unspecified atom stereocenters. The largest absolute Gasteiger partial charge is 0.293 e. The van der Waals surface area contributed by atoms with E-state index in [1.54, 1.807) is 12.1 Å². The number of rotatable bonds is 2. The van der Waals surface area contributed by atoms with Gasteiger partial charge in [-0.1, -0.05) is 48.6 Å². The fraction of sp³-hybridized carbons (Fsp3) is 0.333. The third-order valence-corrected chi connectivity index (χ3v) is 6.41. The van der Waals surface area contributed by atoms with E-state index >= 15 is 0 Å². The fourth-order valence-corrected chi connectivity index (χ4v) is 5.42. The molecule has 1 saturated carbocycles. The molecule has 0 aromatic heterocycles. The topological polar surface area (TPSA) is 34.1 Å². The number of fused-ring (bicyclic) bond motifs is 1. The van der Waals surface area contributed by atoms with Gasteiger partial charge in [-0.2, -0.15) is 0 Å². The average Bonchev–Trinajstić information content (AvgIpc) is 2.91. The van der Waals surface area contributed by atoms with Crippen molar-refractivity contribution in [2.24, 2.45) is 22.7 Å². The summed E-state index contributed by atoms with van der Waals surface area (Å²) in [6.07, 6.45) is 9.92. The molecule has 3 aliphatic carbocycles. The second kappa shape index (κ2) is 4.64. The van der Waals surface area contributed by atoms with Crippen LogP contribution in [0.1, 0.15) is 40.0 Å². The van der Waals surface area contributed by atoms with Crippen LogP contribution in [0.15, 0.2) is 61.7 Å². The minimum atomic E-state index is -0.687. The predicted octanol–water partition coefficient (Wildman–Crippen LogP) is 4.40. The Bertz CT molecular complexity index is 709. The van der Waals surface area contributed by atoms with Crippen LogP contribution in [0.25, 0.3) is 0 Å². The standard InChI is InChI=1S/C21H20O2/c1-3-14-13-15(4-2)21-12-8-7-11-20(14,21)18(22)16-9-5-6-10-17(16)19(21)23/h3-10,14-15H,1-2,11-13H2. The van der Waals surface area contributed by atoms with Crippen molar-refractivity contribution < 1.29 is 9.59 Å². The quantitative estimate of drug-likeness (QED) is 0.759. The maximum atomic E-state index is 13.6. The second-order valence-electron chi connectivity index (χ2n) is 6.95. The van der Waals surface area contributed by atoms with Gasteiger partial charge in [0, 0.05) is 11.1 Å². The zero-order valence-corrected chi connectivity index (χ0v) is 13.1. The summed E-state index contributed by atoms with van der Waals surface area (Å²) in [7, 11) is 0. The lowest BCUT2D eigenvalue weighted by Crippen LogP contribution is -2.57. The highest BCUT2D eigenvalue weighted by atomic mass is 16.1. The van der Waals surface area contributed by atoms with E-state index in [1.807, 2.05) is 24.3 Å². The SMILES string of the molecule is C=CC1CC(C=C)C23CC=CCC12C(=O)c1ccccc1C3=O. The molecule has 0 bridgehead atoms. The number of carbonyl (C=O) groups is 2. The first kappa shape index (κ1) is 14.4. The molecule has 1 aromatic rings. The van der Waals surface area contributed by atoms with Crippen LogP contribution >= 0.6 is 0 Å². The summed E-state index contributed by atoms with van der Waals surface area (Å²) < 4.78 is 0. The smallest absolute Gasteiger partial charge is 0.171 e. The summed E-state index contributed by atoms with van der Waals surface area (Å²) in [6.45, 7) is 7.96. The van der Waals surface area contributed by atoms with Crippen molar-refractivity contribution in [3.8, 4) is 0 Å². The third-order valence-electron chi connectivity index (χ3n) is 6.41. The van der Waals surface area contributed by atoms with Crippen molar-refractivity contribution in [1.82, 2.24) is 0 Å². The van der Waals surface area contributed by atoms with Crippen LogP contribution in [0.3, 0.4) is 0 Å². The van der Waals surface area contributed by atoms with Crippen LogP contribution in [-0.4, -0.2) is 11.6 Å². The Morgan fingerprint density at radius 3 is 1.70 bits per heavy atom. The summed E-state index contributed by atoms with van der Waals surface area (Å²) in [5.41, 5.74) is -0.207. The average molecular weight is 304 g/mol. The minimum absolute atomic E-state index is 0.0141. The molecule has 3 aliphatic rings. The summed E-state index contributed by atoms with van der Waals surface area (Å²) in [6, 6.07) is 7.28. The first-order chi connectivity index (χ1) is 11.1. The number of allylic oxidation sites excluding steroid dienone is 4. The van der Waals surface area contributed by atoms with Gasteiger partial charge in [0.25, 0.3) is 0 Å². The molecule has 0 heterocycles. The van der Waals surface area contributed by atoms with Gasteiger partial charge < -0.3 is 0 Å². The van der Waals surface area contributed by atoms with Crippen molar-refractivity contribution in [2.45, 2.75) is 19.3 Å². The molecule has 0 N–H and O–H groups in total. The minimum Gasteiger partial charge on any atom is -0.293 e. The van der Waals surface area contributed by atoms with Gasteiger partial charge in [-0.15, -0.1) is 13.2 Å². The Balaban J connectivity index is 2.10. The number of hydrogen-bond acceptors (Lipinski definition) is 2. The van der Waals surface area contributed by atoms with Crippen molar-refractivity contribution in [1.29, 1.82) is 0 Å². The van der Waals surface area contributed by atoms with Gasteiger partial charge in [0.2, 0.25) is 0 Å². The van der Waals surface area contributed by atoms with Crippen LogP contribution in [0, 0.1) is 22.7 Å². The van der Waals surface area contributed by atoms with E-state index in [2.05, 4.69) is 25.3 Å². The number of hydrogen-bond donors (Lipinski definition) is 0. The number of ketones is 2. The maximum Gasteiger partial charge on any atom is 0.171 e. The molecule has 0 aliphatic heterocycles. The Kier molecular flexibility index (Phi) is 2.90. The molecule has 1 aromatic carbocycles. The van der Waals surface area contributed by atoms with Crippen molar-refractivity contribution >= 4 is 11.6 Å². The van der Waals surface area contributed by atoms with E-state index in [1.165, 1.54) is 0 Å². The maximum absolute atomic E-state index is 13.6. The van der Waals surface area contributed by atoms with Crippen LogP contribution in [0.2, 0.25) is 0 Å². The molecule has 0 radical (unpaired) electrons. The monoisotopic (exact) mass is 304 g/mol. The van der Waals surface area contributed by atoms with Gasteiger partial charge >= 0.3 is 0 Å². The highest BCUT2D eigenvalue weighted by Gasteiger charge is 2.71. The molecule has 0 saturated heterocycles. The van der Waals surface area contributed by atoms with E-state index < -0.39 is 10.8 Å². The number of carbonyl (C=O) groups excluding carboxylic acids is 2. The molecule has 2 heteroatoms. The summed E-state index contributed by atoms with van der Waals surface area (Å²) >= 11 is 0. The molecule has 23 heavy (non-hydrogen) atoms. The highest BCUT2D eigenvalue weighted by Crippen LogP contribution is 2.69. The summed E-state index contributed by atoms with van der Waals surface area (Å²) in [5, 5.41) is 0. The van der Waals surface area contributed by atoms with Crippen molar-refractivity contribution in [3.63, 3.8) is 0 Å². The van der Waals surface area contributed by atoms with Crippen LogP contribution in [0.5, 0.6) is 0 Å². The molecule has 4 rings (SSSR count). The lowest BCUT2D eigenvalue weighted by molar-refractivity contribution is 0.0187. The van der Waals surface area contributed by atoms with Crippen LogP contribution in [-0.2, 0) is 0 Å². The Labute approximate surface area is 136 Å². The molecule has 0 spiro atoms. The van der Waals surface area contributed by atoms with Gasteiger partial charge in [-0.3, -0.25) is 9.59 Å². The predicted molar refractivity (Wildman–Crippen MR) is 90.3 cm³/mol. The van der Waals surface area contributed by atoms with Gasteiger partial charge in [0.05, 0.1) is 10.8 Å². The zero-order chi connectivity index (χ0) is 16.2. The molecular formula is C21H20O2. The van der Waals surface area contributed by atoms with Gasteiger partial charge in [-0.25, -0.2) is 0 Å². The van der Waals surface area contributed by atoms with E-state index in [4.69, 9.17) is 0 Å². The normalized spacial score (nSPS) is 37.7. The van der Waals surface area contributed by atoms with E-state index in [0.29, 0.717) is 24.0 Å². The summed E-state index contributed by atoms with van der Waals surface area (Å²) in [5.74, 6) is 0.262. The van der Waals surface area contributed by atoms with Gasteiger partial charge in [0.15, 0.2) is 11.6 Å². The molecule has 0 amide bonds. The van der Waals surface area contributed by atoms with Crippen molar-refractivity contribution in [3.05, 3.63) is 72.9 Å². The Morgan fingerprint density at radius 2 is 1.30 bits per heavy atom. The van der Waals surface area contributed by atoms with Crippen LogP contribution in [0.4, 0.5) is 0 Å². The lowest BCUT2D eigenvalue weighted by Gasteiger charge is -2.52. The van der Waals surface area contributed by atoms with Crippen LogP contribution < -0.4 is 0 Å². The first-order valence-electron chi connectivity index (χ1n) is 8.22. The first-order valence-corrected chi connectivity index (χ1v) is 8.22. The number of Topliss-reactive ketones (excluding diaryl/α,β-unsaturated/α-hetero) is 2. The van der Waals surface area contributed by atoms with E-state index in [9.17, 15) is 9.59 Å². The van der Waals surface area contributed by atoms with Crippen molar-refractivity contribution in [2.75, 3.05) is 0 Å². The van der Waals surface area contributed by atoms with E-state index in [-0.39, 0.29) is 23.4 Å². The Morgan fingerprint density at radius 1 is 0.870 bits per heavy atom. The van der Waals surface area contributed by atoms with E-state index in [0.717, 1.165) is 6.42 Å². The molecular weight excluding hydrogens is 284 g/mol.